The van der Waals surface area contributed by atoms with Gasteiger partial charge in [-0.1, -0.05) is 24.3 Å². The second-order valence-corrected chi connectivity index (χ2v) is 6.40. The highest BCUT2D eigenvalue weighted by Crippen LogP contribution is 2.26. The maximum Gasteiger partial charge on any atom is 0.290 e. The molecule has 1 aliphatic heterocycles. The van der Waals surface area contributed by atoms with Crippen molar-refractivity contribution in [2.45, 2.75) is 19.0 Å². The Morgan fingerprint density at radius 1 is 1.00 bits per heavy atom. The predicted molar refractivity (Wildman–Crippen MR) is 97.5 cm³/mol. The Morgan fingerprint density at radius 3 is 2.44 bits per heavy atom. The van der Waals surface area contributed by atoms with Crippen molar-refractivity contribution in [1.82, 2.24) is 4.90 Å². The van der Waals surface area contributed by atoms with Crippen LogP contribution in [0.4, 0.5) is 10.1 Å². The Bertz CT molecular complexity index is 967. The van der Waals surface area contributed by atoms with Gasteiger partial charge in [-0.15, -0.1) is 0 Å². The van der Waals surface area contributed by atoms with Crippen LogP contribution in [0.25, 0.3) is 0 Å². The minimum absolute atomic E-state index is 0.189. The standard InChI is InChI=1S/C21H17FN2O3/c22-16-7-9-17(10-8-16)23-20(25)18-12-14-4-1-2-5-15(14)13-24(18)21(26)19-6-3-11-27-19/h1-11,18H,12-13H2,(H,23,25)/t18-/m1/s1. The van der Waals surface area contributed by atoms with E-state index in [4.69, 9.17) is 4.42 Å². The number of fused-ring (bicyclic) bond motifs is 1. The summed E-state index contributed by atoms with van der Waals surface area (Å²) in [6, 6.07) is 15.8. The predicted octanol–water partition coefficient (Wildman–Crippen LogP) is 3.62. The molecule has 3 aromatic rings. The summed E-state index contributed by atoms with van der Waals surface area (Å²) in [6.45, 7) is 0.317. The number of halogens is 1. The number of hydrogen-bond acceptors (Lipinski definition) is 3. The number of nitrogens with one attached hydrogen (secondary N) is 1. The van der Waals surface area contributed by atoms with Gasteiger partial charge in [0.2, 0.25) is 5.91 Å². The molecule has 0 bridgehead atoms. The molecule has 6 heteroatoms. The van der Waals surface area contributed by atoms with Crippen molar-refractivity contribution >= 4 is 17.5 Å². The minimum atomic E-state index is -0.692. The molecule has 0 radical (unpaired) electrons. The Hall–Kier alpha value is -3.41. The Labute approximate surface area is 155 Å². The van der Waals surface area contributed by atoms with Crippen LogP contribution in [0.3, 0.4) is 0 Å². The normalized spacial score (nSPS) is 15.9. The summed E-state index contributed by atoms with van der Waals surface area (Å²) in [4.78, 5) is 27.3. The molecule has 0 unspecified atom stereocenters. The van der Waals surface area contributed by atoms with Crippen molar-refractivity contribution in [3.8, 4) is 0 Å². The average Bonchev–Trinajstić information content (AvgIpc) is 3.23. The van der Waals surface area contributed by atoms with Crippen molar-refractivity contribution in [3.63, 3.8) is 0 Å². The molecule has 0 fully saturated rings. The molecule has 0 saturated carbocycles. The molecule has 2 aromatic carbocycles. The molecular weight excluding hydrogens is 347 g/mol. The van der Waals surface area contributed by atoms with Crippen molar-refractivity contribution in [2.24, 2.45) is 0 Å². The number of furan rings is 1. The van der Waals surface area contributed by atoms with Gasteiger partial charge in [0.05, 0.1) is 6.26 Å². The zero-order valence-corrected chi connectivity index (χ0v) is 14.4. The van der Waals surface area contributed by atoms with Crippen LogP contribution >= 0.6 is 0 Å². The molecule has 4 rings (SSSR count). The van der Waals surface area contributed by atoms with Crippen LogP contribution in [0.1, 0.15) is 21.7 Å². The first-order valence-electron chi connectivity index (χ1n) is 8.59. The third kappa shape index (κ3) is 3.46. The SMILES string of the molecule is O=C(Nc1ccc(F)cc1)[C@H]1Cc2ccccc2CN1C(=O)c1ccco1. The number of carbonyl (C=O) groups is 2. The third-order valence-corrected chi connectivity index (χ3v) is 4.66. The lowest BCUT2D eigenvalue weighted by atomic mass is 9.93. The molecule has 1 atom stereocenters. The first kappa shape index (κ1) is 17.0. The van der Waals surface area contributed by atoms with E-state index >= 15 is 0 Å². The van der Waals surface area contributed by atoms with Crippen LogP contribution in [-0.2, 0) is 17.8 Å². The van der Waals surface area contributed by atoms with E-state index in [0.29, 0.717) is 18.7 Å². The molecule has 2 amide bonds. The fraction of sp³-hybridized carbons (Fsp3) is 0.143. The summed E-state index contributed by atoms with van der Waals surface area (Å²) in [6.07, 6.45) is 1.83. The lowest BCUT2D eigenvalue weighted by molar-refractivity contribution is -0.121. The van der Waals surface area contributed by atoms with Crippen LogP contribution in [0.2, 0.25) is 0 Å². The summed E-state index contributed by atoms with van der Waals surface area (Å²) in [5.41, 5.74) is 2.51. The molecule has 1 aliphatic rings. The average molecular weight is 364 g/mol. The molecular formula is C21H17FN2O3. The highest BCUT2D eigenvalue weighted by Gasteiger charge is 2.35. The summed E-state index contributed by atoms with van der Waals surface area (Å²) in [7, 11) is 0. The van der Waals surface area contributed by atoms with Gasteiger partial charge >= 0.3 is 0 Å². The van der Waals surface area contributed by atoms with Crippen molar-refractivity contribution < 1.29 is 18.4 Å². The monoisotopic (exact) mass is 364 g/mol. The number of hydrogen-bond donors (Lipinski definition) is 1. The summed E-state index contributed by atoms with van der Waals surface area (Å²) in [5, 5.41) is 2.77. The van der Waals surface area contributed by atoms with Gasteiger partial charge in [-0.3, -0.25) is 9.59 Å². The molecule has 5 nitrogen and oxygen atoms in total. The summed E-state index contributed by atoms with van der Waals surface area (Å²) >= 11 is 0. The topological polar surface area (TPSA) is 62.6 Å². The number of nitrogens with zero attached hydrogens (tertiary/aromatic N) is 1. The number of rotatable bonds is 3. The highest BCUT2D eigenvalue weighted by atomic mass is 19.1. The molecule has 2 heterocycles. The second kappa shape index (κ2) is 7.07. The highest BCUT2D eigenvalue weighted by molar-refractivity contribution is 6.00. The van der Waals surface area contributed by atoms with Gasteiger partial charge in [-0.05, 0) is 47.5 Å². The zero-order valence-electron chi connectivity index (χ0n) is 14.4. The van der Waals surface area contributed by atoms with Crippen LogP contribution in [0, 0.1) is 5.82 Å². The zero-order chi connectivity index (χ0) is 18.8. The minimum Gasteiger partial charge on any atom is -0.459 e. The maximum atomic E-state index is 13.1. The van der Waals surface area contributed by atoms with Crippen LogP contribution in [0.15, 0.2) is 71.3 Å². The quantitative estimate of drug-likeness (QED) is 0.772. The van der Waals surface area contributed by atoms with Gasteiger partial charge in [-0.2, -0.15) is 0 Å². The van der Waals surface area contributed by atoms with Crippen molar-refractivity contribution in [2.75, 3.05) is 5.32 Å². The van der Waals surface area contributed by atoms with Crippen molar-refractivity contribution in [1.29, 1.82) is 0 Å². The molecule has 27 heavy (non-hydrogen) atoms. The Morgan fingerprint density at radius 2 is 1.74 bits per heavy atom. The van der Waals surface area contributed by atoms with E-state index in [9.17, 15) is 14.0 Å². The molecule has 136 valence electrons. The number of carbonyl (C=O) groups excluding carboxylic acids is 2. The van der Waals surface area contributed by atoms with Gasteiger partial charge in [0.15, 0.2) is 5.76 Å². The van der Waals surface area contributed by atoms with Gasteiger partial charge in [-0.25, -0.2) is 4.39 Å². The van der Waals surface area contributed by atoms with Gasteiger partial charge in [0, 0.05) is 18.7 Å². The van der Waals surface area contributed by atoms with E-state index in [0.717, 1.165) is 11.1 Å². The lowest BCUT2D eigenvalue weighted by Gasteiger charge is -2.35. The Balaban J connectivity index is 1.63. The fourth-order valence-corrected chi connectivity index (χ4v) is 3.27. The smallest absolute Gasteiger partial charge is 0.290 e. The van der Waals surface area contributed by atoms with Crippen LogP contribution < -0.4 is 5.32 Å². The Kier molecular flexibility index (Phi) is 4.46. The number of anilines is 1. The summed E-state index contributed by atoms with van der Waals surface area (Å²) < 4.78 is 18.3. The molecule has 0 spiro atoms. The van der Waals surface area contributed by atoms with Gasteiger partial charge in [0.25, 0.3) is 5.91 Å². The molecule has 1 aromatic heterocycles. The van der Waals surface area contributed by atoms with Gasteiger partial charge in [0.1, 0.15) is 11.9 Å². The first-order valence-corrected chi connectivity index (χ1v) is 8.59. The number of amides is 2. The molecule has 1 N–H and O–H groups in total. The van der Waals surface area contributed by atoms with E-state index in [1.54, 1.807) is 12.1 Å². The van der Waals surface area contributed by atoms with Crippen LogP contribution in [-0.4, -0.2) is 22.8 Å². The van der Waals surface area contributed by atoms with Gasteiger partial charge < -0.3 is 14.6 Å². The molecule has 0 saturated heterocycles. The fourth-order valence-electron chi connectivity index (χ4n) is 3.27. The van der Waals surface area contributed by atoms with Crippen molar-refractivity contribution in [3.05, 3.63) is 89.6 Å². The number of benzene rings is 2. The van der Waals surface area contributed by atoms with E-state index in [2.05, 4.69) is 5.32 Å². The third-order valence-electron chi connectivity index (χ3n) is 4.66. The first-order chi connectivity index (χ1) is 13.1. The van der Waals surface area contributed by atoms with E-state index in [1.165, 1.54) is 35.4 Å². The van der Waals surface area contributed by atoms with E-state index < -0.39 is 6.04 Å². The van der Waals surface area contributed by atoms with E-state index in [-0.39, 0.29) is 23.4 Å². The maximum absolute atomic E-state index is 13.1. The second-order valence-electron chi connectivity index (χ2n) is 6.40. The van der Waals surface area contributed by atoms with Crippen LogP contribution in [0.5, 0.6) is 0 Å². The summed E-state index contributed by atoms with van der Waals surface area (Å²) in [5.74, 6) is -0.854. The van der Waals surface area contributed by atoms with E-state index in [1.807, 2.05) is 24.3 Å². The lowest BCUT2D eigenvalue weighted by Crippen LogP contribution is -2.50. The largest absolute Gasteiger partial charge is 0.459 e. The molecule has 0 aliphatic carbocycles.